The summed E-state index contributed by atoms with van der Waals surface area (Å²) in [6.07, 6.45) is 4.00. The van der Waals surface area contributed by atoms with Crippen LogP contribution in [0.25, 0.3) is 0 Å². The second kappa shape index (κ2) is 12.0. The second-order valence-corrected chi connectivity index (χ2v) is 12.6. The Morgan fingerprint density at radius 1 is 0.571 bits per heavy atom. The third-order valence-electron chi connectivity index (χ3n) is 6.52. The summed E-state index contributed by atoms with van der Waals surface area (Å²) < 4.78 is 6.72. The molecular formula is C32H52N2O. The molecule has 35 heavy (non-hydrogen) atoms. The average Bonchev–Trinajstić information content (AvgIpc) is 2.68. The molecule has 0 saturated heterocycles. The number of rotatable bonds is 12. The lowest BCUT2D eigenvalue weighted by atomic mass is 9.84. The van der Waals surface area contributed by atoms with Crippen molar-refractivity contribution in [3.8, 4) is 0 Å². The molecule has 0 amide bonds. The van der Waals surface area contributed by atoms with Gasteiger partial charge in [-0.2, -0.15) is 0 Å². The van der Waals surface area contributed by atoms with Crippen LogP contribution in [0.1, 0.15) is 103 Å². The standard InChI is InChI=1S/C32H52N2O/c1-21(2)17-25-13-11-15-29(27(25)19-23(5)6)31(9,33)35-32(10,34)30-16-12-14-26(18-22(3)4)28(30)20-24(7)8/h11-16,21-24H,17-20,33-34H2,1-10H3. The van der Waals surface area contributed by atoms with Crippen LogP contribution in [0.15, 0.2) is 36.4 Å². The highest BCUT2D eigenvalue weighted by Gasteiger charge is 2.37. The number of hydrogen-bond donors (Lipinski definition) is 2. The van der Waals surface area contributed by atoms with Gasteiger partial charge in [0.1, 0.15) is 11.4 Å². The number of nitrogens with two attached hydrogens (primary N) is 2. The molecule has 0 bridgehead atoms. The van der Waals surface area contributed by atoms with Gasteiger partial charge in [0.25, 0.3) is 0 Å². The van der Waals surface area contributed by atoms with Gasteiger partial charge >= 0.3 is 0 Å². The lowest BCUT2D eigenvalue weighted by molar-refractivity contribution is -0.147. The molecule has 0 saturated carbocycles. The number of benzene rings is 2. The fraction of sp³-hybridized carbons (Fsp3) is 0.625. The van der Waals surface area contributed by atoms with E-state index in [0.29, 0.717) is 23.7 Å². The Hall–Kier alpha value is -1.68. The maximum atomic E-state index is 7.01. The minimum atomic E-state index is -1.02. The molecule has 2 rings (SSSR count). The van der Waals surface area contributed by atoms with Crippen molar-refractivity contribution in [2.24, 2.45) is 35.1 Å². The summed E-state index contributed by atoms with van der Waals surface area (Å²) in [5, 5.41) is 0. The van der Waals surface area contributed by atoms with E-state index in [0.717, 1.165) is 36.8 Å². The smallest absolute Gasteiger partial charge is 0.143 e. The van der Waals surface area contributed by atoms with Gasteiger partial charge < -0.3 is 4.74 Å². The Balaban J connectivity index is 2.56. The summed E-state index contributed by atoms with van der Waals surface area (Å²) in [6.45, 7) is 22.0. The van der Waals surface area contributed by atoms with Gasteiger partial charge in [0.05, 0.1) is 0 Å². The minimum Gasteiger partial charge on any atom is -0.332 e. The van der Waals surface area contributed by atoms with Gasteiger partial charge in [-0.1, -0.05) is 91.8 Å². The summed E-state index contributed by atoms with van der Waals surface area (Å²) in [4.78, 5) is 0. The summed E-state index contributed by atoms with van der Waals surface area (Å²) in [7, 11) is 0. The Labute approximate surface area is 216 Å². The molecule has 0 aliphatic heterocycles. The summed E-state index contributed by atoms with van der Waals surface area (Å²) >= 11 is 0. The predicted molar refractivity (Wildman–Crippen MR) is 151 cm³/mol. The van der Waals surface area contributed by atoms with Crippen molar-refractivity contribution in [3.63, 3.8) is 0 Å². The van der Waals surface area contributed by atoms with Gasteiger partial charge in [-0.15, -0.1) is 0 Å². The first kappa shape index (κ1) is 29.5. The van der Waals surface area contributed by atoms with Crippen LogP contribution in [-0.2, 0) is 41.9 Å². The van der Waals surface area contributed by atoms with Crippen molar-refractivity contribution in [1.29, 1.82) is 0 Å². The van der Waals surface area contributed by atoms with E-state index in [-0.39, 0.29) is 0 Å². The molecule has 2 unspecified atom stereocenters. The number of hydrogen-bond acceptors (Lipinski definition) is 3. The molecule has 0 aliphatic rings. The molecule has 2 aromatic carbocycles. The zero-order valence-corrected chi connectivity index (χ0v) is 24.2. The molecule has 0 spiro atoms. The number of ether oxygens (including phenoxy) is 1. The maximum Gasteiger partial charge on any atom is 0.143 e. The van der Waals surface area contributed by atoms with Crippen LogP contribution in [0.2, 0.25) is 0 Å². The average molecular weight is 481 g/mol. The molecule has 0 fully saturated rings. The Morgan fingerprint density at radius 3 is 1.17 bits per heavy atom. The minimum absolute atomic E-state index is 0.521. The van der Waals surface area contributed by atoms with E-state index in [1.165, 1.54) is 22.3 Å². The fourth-order valence-electron chi connectivity index (χ4n) is 5.31. The maximum absolute atomic E-state index is 7.01. The third-order valence-corrected chi connectivity index (χ3v) is 6.52. The van der Waals surface area contributed by atoms with E-state index in [1.807, 2.05) is 13.8 Å². The van der Waals surface area contributed by atoms with Crippen LogP contribution in [-0.4, -0.2) is 0 Å². The first-order valence-electron chi connectivity index (χ1n) is 13.6. The molecule has 3 heteroatoms. The normalized spacial score (nSPS) is 15.8. The summed E-state index contributed by atoms with van der Waals surface area (Å²) in [6, 6.07) is 13.0. The van der Waals surface area contributed by atoms with Crippen molar-refractivity contribution in [2.45, 2.75) is 106 Å². The van der Waals surface area contributed by atoms with E-state index in [9.17, 15) is 0 Å². The molecule has 0 heterocycles. The van der Waals surface area contributed by atoms with Crippen LogP contribution >= 0.6 is 0 Å². The van der Waals surface area contributed by atoms with Crippen molar-refractivity contribution >= 4 is 0 Å². The van der Waals surface area contributed by atoms with E-state index in [2.05, 4.69) is 91.8 Å². The largest absolute Gasteiger partial charge is 0.332 e. The van der Waals surface area contributed by atoms with Crippen LogP contribution in [0.3, 0.4) is 0 Å². The van der Waals surface area contributed by atoms with Crippen molar-refractivity contribution in [2.75, 3.05) is 0 Å². The lowest BCUT2D eigenvalue weighted by Crippen LogP contribution is -2.49. The van der Waals surface area contributed by atoms with Gasteiger partial charge in [0.15, 0.2) is 0 Å². The van der Waals surface area contributed by atoms with Crippen molar-refractivity contribution in [1.82, 2.24) is 0 Å². The SMILES string of the molecule is CC(C)Cc1cccc(C(C)(N)OC(C)(N)c2cccc(CC(C)C)c2CC(C)C)c1CC(C)C. The topological polar surface area (TPSA) is 61.3 Å². The molecule has 0 aromatic heterocycles. The summed E-state index contributed by atoms with van der Waals surface area (Å²) in [5.74, 6) is 2.19. The van der Waals surface area contributed by atoms with Crippen LogP contribution in [0, 0.1) is 23.7 Å². The molecule has 0 radical (unpaired) electrons. The summed E-state index contributed by atoms with van der Waals surface area (Å²) in [5.41, 5.74) is 19.4. The highest BCUT2D eigenvalue weighted by Crippen LogP contribution is 2.36. The van der Waals surface area contributed by atoms with E-state index < -0.39 is 11.4 Å². The monoisotopic (exact) mass is 480 g/mol. The Bertz CT molecular complexity index is 877. The van der Waals surface area contributed by atoms with E-state index >= 15 is 0 Å². The Morgan fingerprint density at radius 2 is 0.886 bits per heavy atom. The molecule has 3 nitrogen and oxygen atoms in total. The lowest BCUT2D eigenvalue weighted by Gasteiger charge is -2.39. The first-order chi connectivity index (χ1) is 16.1. The van der Waals surface area contributed by atoms with E-state index in [4.69, 9.17) is 16.2 Å². The Kier molecular flexibility index (Phi) is 10.2. The van der Waals surface area contributed by atoms with Gasteiger partial charge in [-0.05, 0) is 85.5 Å². The third kappa shape index (κ3) is 8.17. The molecular weight excluding hydrogens is 428 g/mol. The van der Waals surface area contributed by atoms with Gasteiger partial charge in [-0.3, -0.25) is 11.5 Å². The fourth-order valence-corrected chi connectivity index (χ4v) is 5.31. The van der Waals surface area contributed by atoms with Crippen LogP contribution in [0.4, 0.5) is 0 Å². The van der Waals surface area contributed by atoms with E-state index in [1.54, 1.807) is 0 Å². The van der Waals surface area contributed by atoms with Crippen LogP contribution < -0.4 is 11.5 Å². The van der Waals surface area contributed by atoms with Gasteiger partial charge in [0.2, 0.25) is 0 Å². The molecule has 0 aliphatic carbocycles. The molecule has 2 aromatic rings. The first-order valence-corrected chi connectivity index (χ1v) is 13.6. The highest BCUT2D eigenvalue weighted by molar-refractivity contribution is 5.41. The van der Waals surface area contributed by atoms with Gasteiger partial charge in [0, 0.05) is 11.1 Å². The zero-order valence-electron chi connectivity index (χ0n) is 24.2. The zero-order chi connectivity index (χ0) is 26.6. The highest BCUT2D eigenvalue weighted by atomic mass is 16.5. The van der Waals surface area contributed by atoms with Gasteiger partial charge in [-0.25, -0.2) is 0 Å². The predicted octanol–water partition coefficient (Wildman–Crippen LogP) is 7.46. The molecule has 4 N–H and O–H groups in total. The molecule has 2 atom stereocenters. The van der Waals surface area contributed by atoms with Crippen molar-refractivity contribution in [3.05, 3.63) is 69.8 Å². The van der Waals surface area contributed by atoms with Crippen molar-refractivity contribution < 1.29 is 4.74 Å². The molecule has 196 valence electrons. The second-order valence-electron chi connectivity index (χ2n) is 12.6. The quantitative estimate of drug-likeness (QED) is 0.310. The van der Waals surface area contributed by atoms with Crippen LogP contribution in [0.5, 0.6) is 0 Å².